The molecular weight excluding hydrogens is 276 g/mol. The maximum absolute atomic E-state index is 10.8. The molecule has 4 heteroatoms. The third-order valence-electron chi connectivity index (χ3n) is 2.84. The molecule has 20 heavy (non-hydrogen) atoms. The summed E-state index contributed by atoms with van der Waals surface area (Å²) >= 11 is 6.21. The lowest BCUT2D eigenvalue weighted by molar-refractivity contribution is -0.136. The molecule has 0 aliphatic heterocycles. The molecule has 0 atom stereocenters. The van der Waals surface area contributed by atoms with Gasteiger partial charge in [0.05, 0.1) is 13.0 Å². The molecule has 0 aliphatic carbocycles. The summed E-state index contributed by atoms with van der Waals surface area (Å²) in [6.45, 7) is 2.52. The zero-order chi connectivity index (χ0) is 14.5. The number of aliphatic carboxylic acids is 1. The van der Waals surface area contributed by atoms with Crippen LogP contribution in [-0.4, -0.2) is 17.7 Å². The molecule has 0 saturated heterocycles. The van der Waals surface area contributed by atoms with E-state index in [4.69, 9.17) is 21.4 Å². The van der Waals surface area contributed by atoms with Crippen LogP contribution in [0.3, 0.4) is 0 Å². The van der Waals surface area contributed by atoms with E-state index >= 15 is 0 Å². The first kappa shape index (κ1) is 14.4. The van der Waals surface area contributed by atoms with Crippen LogP contribution in [0.25, 0.3) is 11.1 Å². The van der Waals surface area contributed by atoms with Gasteiger partial charge < -0.3 is 9.84 Å². The Balaban J connectivity index is 2.40. The molecule has 0 unspecified atom stereocenters. The smallest absolute Gasteiger partial charge is 0.307 e. The summed E-state index contributed by atoms with van der Waals surface area (Å²) in [4.78, 5) is 10.8. The number of hydrogen-bond donors (Lipinski definition) is 1. The van der Waals surface area contributed by atoms with Crippen LogP contribution in [-0.2, 0) is 11.2 Å². The molecule has 2 aromatic carbocycles. The first-order valence-corrected chi connectivity index (χ1v) is 6.71. The monoisotopic (exact) mass is 290 g/mol. The predicted molar refractivity (Wildman–Crippen MR) is 79.4 cm³/mol. The third kappa shape index (κ3) is 3.52. The van der Waals surface area contributed by atoms with Crippen LogP contribution in [0.2, 0.25) is 5.02 Å². The van der Waals surface area contributed by atoms with Crippen molar-refractivity contribution in [2.45, 2.75) is 13.3 Å². The van der Waals surface area contributed by atoms with Gasteiger partial charge in [-0.15, -0.1) is 0 Å². The second kappa shape index (κ2) is 6.44. The molecule has 2 rings (SSSR count). The van der Waals surface area contributed by atoms with Gasteiger partial charge in [-0.3, -0.25) is 4.79 Å². The van der Waals surface area contributed by atoms with Gasteiger partial charge >= 0.3 is 5.97 Å². The Kier molecular flexibility index (Phi) is 4.64. The summed E-state index contributed by atoms with van der Waals surface area (Å²) in [6, 6.07) is 12.8. The largest absolute Gasteiger partial charge is 0.494 e. The number of carboxylic acids is 1. The second-order valence-corrected chi connectivity index (χ2v) is 4.75. The molecule has 0 bridgehead atoms. The van der Waals surface area contributed by atoms with Crippen molar-refractivity contribution in [3.63, 3.8) is 0 Å². The van der Waals surface area contributed by atoms with E-state index in [9.17, 15) is 4.79 Å². The lowest BCUT2D eigenvalue weighted by Crippen LogP contribution is -2.00. The van der Waals surface area contributed by atoms with E-state index in [0.29, 0.717) is 11.6 Å². The number of hydrogen-bond acceptors (Lipinski definition) is 2. The molecule has 0 spiro atoms. The zero-order valence-corrected chi connectivity index (χ0v) is 11.9. The van der Waals surface area contributed by atoms with Gasteiger partial charge in [-0.1, -0.05) is 29.8 Å². The van der Waals surface area contributed by atoms with Crippen molar-refractivity contribution in [1.29, 1.82) is 0 Å². The Morgan fingerprint density at radius 1 is 1.25 bits per heavy atom. The van der Waals surface area contributed by atoms with Crippen LogP contribution in [0, 0.1) is 0 Å². The number of rotatable bonds is 5. The topological polar surface area (TPSA) is 46.5 Å². The lowest BCUT2D eigenvalue weighted by Gasteiger charge is -2.09. The summed E-state index contributed by atoms with van der Waals surface area (Å²) in [5.74, 6) is -0.0916. The Hall–Kier alpha value is -2.00. The van der Waals surface area contributed by atoms with Crippen LogP contribution in [0.5, 0.6) is 5.75 Å². The molecule has 0 amide bonds. The summed E-state index contributed by atoms with van der Waals surface area (Å²) in [7, 11) is 0. The highest BCUT2D eigenvalue weighted by Gasteiger charge is 2.08. The lowest BCUT2D eigenvalue weighted by atomic mass is 10.0. The summed E-state index contributed by atoms with van der Waals surface area (Å²) in [6.07, 6.45) is -0.0185. The minimum absolute atomic E-state index is 0.0185. The van der Waals surface area contributed by atoms with E-state index < -0.39 is 5.97 Å². The first-order valence-electron chi connectivity index (χ1n) is 6.33. The standard InChI is InChI=1S/C16H15ClO3/c1-2-20-13-5-3-4-12(10-13)14-8-11(9-16(18)19)6-7-15(14)17/h3-8,10H,2,9H2,1H3,(H,18,19). The van der Waals surface area contributed by atoms with Gasteiger partial charge in [-0.05, 0) is 42.3 Å². The van der Waals surface area contributed by atoms with E-state index in [-0.39, 0.29) is 6.42 Å². The van der Waals surface area contributed by atoms with Crippen LogP contribution < -0.4 is 4.74 Å². The quantitative estimate of drug-likeness (QED) is 0.904. The fraction of sp³-hybridized carbons (Fsp3) is 0.188. The Labute approximate surface area is 122 Å². The third-order valence-corrected chi connectivity index (χ3v) is 3.17. The highest BCUT2D eigenvalue weighted by atomic mass is 35.5. The number of carbonyl (C=O) groups is 1. The van der Waals surface area contributed by atoms with Gasteiger partial charge in [0.15, 0.2) is 0 Å². The molecular formula is C16H15ClO3. The molecule has 0 aromatic heterocycles. The van der Waals surface area contributed by atoms with Crippen molar-refractivity contribution in [1.82, 2.24) is 0 Å². The van der Waals surface area contributed by atoms with Gasteiger partial charge in [0.25, 0.3) is 0 Å². The van der Waals surface area contributed by atoms with Crippen molar-refractivity contribution in [3.05, 3.63) is 53.1 Å². The Morgan fingerprint density at radius 2 is 2.05 bits per heavy atom. The normalized spacial score (nSPS) is 10.3. The second-order valence-electron chi connectivity index (χ2n) is 4.35. The van der Waals surface area contributed by atoms with E-state index in [2.05, 4.69) is 0 Å². The summed E-state index contributed by atoms with van der Waals surface area (Å²) < 4.78 is 5.47. The van der Waals surface area contributed by atoms with Crippen molar-refractivity contribution in [2.24, 2.45) is 0 Å². The number of benzene rings is 2. The molecule has 0 aliphatic rings. The van der Waals surface area contributed by atoms with Crippen LogP contribution in [0.15, 0.2) is 42.5 Å². The van der Waals surface area contributed by atoms with Crippen LogP contribution in [0.4, 0.5) is 0 Å². The van der Waals surface area contributed by atoms with E-state index in [0.717, 1.165) is 22.4 Å². The number of halogens is 1. The molecule has 0 radical (unpaired) electrons. The van der Waals surface area contributed by atoms with Crippen molar-refractivity contribution in [3.8, 4) is 16.9 Å². The van der Waals surface area contributed by atoms with E-state index in [1.54, 1.807) is 12.1 Å². The Bertz CT molecular complexity index is 623. The molecule has 0 saturated carbocycles. The van der Waals surface area contributed by atoms with Crippen molar-refractivity contribution in [2.75, 3.05) is 6.61 Å². The van der Waals surface area contributed by atoms with Crippen molar-refractivity contribution < 1.29 is 14.6 Å². The van der Waals surface area contributed by atoms with Gasteiger partial charge in [0, 0.05) is 10.6 Å². The van der Waals surface area contributed by atoms with Crippen LogP contribution in [0.1, 0.15) is 12.5 Å². The molecule has 0 heterocycles. The van der Waals surface area contributed by atoms with Crippen molar-refractivity contribution >= 4 is 17.6 Å². The van der Waals surface area contributed by atoms with Crippen LogP contribution >= 0.6 is 11.6 Å². The van der Waals surface area contributed by atoms with Gasteiger partial charge in [-0.2, -0.15) is 0 Å². The molecule has 3 nitrogen and oxygen atoms in total. The van der Waals surface area contributed by atoms with Gasteiger partial charge in [-0.25, -0.2) is 0 Å². The molecule has 104 valence electrons. The fourth-order valence-corrected chi connectivity index (χ4v) is 2.22. The minimum atomic E-state index is -0.860. The van der Waals surface area contributed by atoms with Gasteiger partial charge in [0.1, 0.15) is 5.75 Å². The fourth-order valence-electron chi connectivity index (χ4n) is 2.00. The first-order chi connectivity index (χ1) is 9.60. The highest BCUT2D eigenvalue weighted by Crippen LogP contribution is 2.31. The summed E-state index contributed by atoms with van der Waals surface area (Å²) in [5.41, 5.74) is 2.44. The molecule has 0 fully saturated rings. The summed E-state index contributed by atoms with van der Waals surface area (Å²) in [5, 5.41) is 9.45. The van der Waals surface area contributed by atoms with Gasteiger partial charge in [0.2, 0.25) is 0 Å². The minimum Gasteiger partial charge on any atom is -0.494 e. The zero-order valence-electron chi connectivity index (χ0n) is 11.1. The highest BCUT2D eigenvalue weighted by molar-refractivity contribution is 6.33. The molecule has 1 N–H and O–H groups in total. The average molecular weight is 291 g/mol. The maximum atomic E-state index is 10.8. The molecule has 2 aromatic rings. The number of ether oxygens (including phenoxy) is 1. The van der Waals surface area contributed by atoms with E-state index in [1.807, 2.05) is 37.3 Å². The maximum Gasteiger partial charge on any atom is 0.307 e. The van der Waals surface area contributed by atoms with E-state index in [1.165, 1.54) is 0 Å². The predicted octanol–water partition coefficient (Wildman–Crippen LogP) is 4.03. The SMILES string of the molecule is CCOc1cccc(-c2cc(CC(=O)O)ccc2Cl)c1. The number of carboxylic acid groups (broad SMARTS) is 1. The average Bonchev–Trinajstić information content (AvgIpc) is 2.41. The Morgan fingerprint density at radius 3 is 2.75 bits per heavy atom.